The summed E-state index contributed by atoms with van der Waals surface area (Å²) in [5.41, 5.74) is 0. The van der Waals surface area contributed by atoms with Crippen LogP contribution < -0.4 is 0 Å². The van der Waals surface area contributed by atoms with E-state index in [0.29, 0.717) is 0 Å². The standard InChI is InChI=1S/CF3.4CHO.Co/c2-1(3)4;4*1-2;/h;4*1H;. The Morgan fingerprint density at radius 1 is 0.769 bits per heavy atom. The molecule has 0 spiro atoms. The third-order valence-electron chi connectivity index (χ3n) is 1.14. The summed E-state index contributed by atoms with van der Waals surface area (Å²) < 4.78 is 36.5. The minimum atomic E-state index is -6.12. The third-order valence-corrected chi connectivity index (χ3v) is 4.69. The summed E-state index contributed by atoms with van der Waals surface area (Å²) in [5, 5.41) is -9.00. The van der Waals surface area contributed by atoms with Crippen molar-refractivity contribution < 1.29 is 43.9 Å². The number of rotatable bonds is 4. The normalized spacial score (nSPS) is 15.2. The Balaban J connectivity index is 5.92. The molecular weight excluding hydrogens is 240 g/mol. The second kappa shape index (κ2) is 3.03. The van der Waals surface area contributed by atoms with Crippen LogP contribution in [0.25, 0.3) is 0 Å². The van der Waals surface area contributed by atoms with Crippen LogP contribution in [0.1, 0.15) is 0 Å². The maximum atomic E-state index is 12.2. The van der Waals surface area contributed by atoms with Gasteiger partial charge in [-0.25, -0.2) is 0 Å². The first-order chi connectivity index (χ1) is 5.82. The van der Waals surface area contributed by atoms with Crippen molar-refractivity contribution in [2.24, 2.45) is 0 Å². The fourth-order valence-electron chi connectivity index (χ4n) is 0.289. The predicted molar refractivity (Wildman–Crippen MR) is 33.1 cm³/mol. The number of carbonyl (C=O) groups is 4. The van der Waals surface area contributed by atoms with Crippen molar-refractivity contribution in [1.29, 1.82) is 0 Å². The average molecular weight is 244 g/mol. The Morgan fingerprint density at radius 2 is 1.00 bits per heavy atom. The zero-order chi connectivity index (χ0) is 10.8. The van der Waals surface area contributed by atoms with E-state index in [9.17, 15) is 32.3 Å². The molecule has 0 heterocycles. The molecule has 4 nitrogen and oxygen atoms in total. The van der Waals surface area contributed by atoms with Gasteiger partial charge in [-0.15, -0.1) is 0 Å². The SMILES string of the molecule is O=[CH][Co]([CH]=O)([CH]=O)([CH]=O)[C](F)(F)F. The van der Waals surface area contributed by atoms with Crippen LogP contribution in [0.4, 0.5) is 13.2 Å². The van der Waals surface area contributed by atoms with Crippen LogP contribution >= 0.6 is 0 Å². The molecule has 0 aromatic heterocycles. The van der Waals surface area contributed by atoms with Gasteiger partial charge in [0.05, 0.1) is 0 Å². The van der Waals surface area contributed by atoms with E-state index in [1.165, 1.54) is 0 Å². The molecule has 0 unspecified atom stereocenters. The van der Waals surface area contributed by atoms with Crippen LogP contribution in [-0.4, -0.2) is 26.0 Å². The van der Waals surface area contributed by atoms with Gasteiger partial charge in [0.15, 0.2) is 0 Å². The van der Waals surface area contributed by atoms with Crippen LogP contribution in [0.2, 0.25) is 0 Å². The zero-order valence-electron chi connectivity index (χ0n) is 5.91. The van der Waals surface area contributed by atoms with Crippen molar-refractivity contribution in [3.05, 3.63) is 0 Å². The monoisotopic (exact) mass is 244 g/mol. The van der Waals surface area contributed by atoms with Gasteiger partial charge in [-0.1, -0.05) is 0 Å². The van der Waals surface area contributed by atoms with Crippen LogP contribution in [0.3, 0.4) is 0 Å². The first-order valence-corrected chi connectivity index (χ1v) is 5.37. The van der Waals surface area contributed by atoms with Gasteiger partial charge in [-0.2, -0.15) is 0 Å². The summed E-state index contributed by atoms with van der Waals surface area (Å²) in [6, 6.07) is 0. The van der Waals surface area contributed by atoms with Crippen molar-refractivity contribution in [1.82, 2.24) is 0 Å². The summed E-state index contributed by atoms with van der Waals surface area (Å²) in [6.45, 7) is 0. The van der Waals surface area contributed by atoms with Gasteiger partial charge < -0.3 is 0 Å². The van der Waals surface area contributed by atoms with Gasteiger partial charge in [0.25, 0.3) is 0 Å². The predicted octanol–water partition coefficient (Wildman–Crippen LogP) is -0.0434. The van der Waals surface area contributed by atoms with Gasteiger partial charge in [0.1, 0.15) is 0 Å². The van der Waals surface area contributed by atoms with Crippen LogP contribution in [0, 0.1) is 0 Å². The van der Waals surface area contributed by atoms with Crippen LogP contribution in [-0.2, 0) is 30.8 Å². The fraction of sp³-hybridized carbons (Fsp3) is 0.200. The van der Waals surface area contributed by atoms with E-state index >= 15 is 0 Å². The van der Waals surface area contributed by atoms with Crippen molar-refractivity contribution in [2.75, 3.05) is 0 Å². The first kappa shape index (κ1) is 12.0. The Bertz CT molecular complexity index is 228. The molecule has 0 saturated heterocycles. The van der Waals surface area contributed by atoms with Gasteiger partial charge in [-0.05, 0) is 0 Å². The van der Waals surface area contributed by atoms with Gasteiger partial charge >= 0.3 is 69.9 Å². The summed E-state index contributed by atoms with van der Waals surface area (Å²) in [4.78, 5) is 40.5. The molecule has 0 radical (unpaired) electrons. The average Bonchev–Trinajstić information content (AvgIpc) is 2.08. The maximum absolute atomic E-state index is 12.2. The Hall–Kier alpha value is -1.02. The molecule has 0 atom stereocenters. The summed E-state index contributed by atoms with van der Waals surface area (Å²) in [5.74, 6) is 0. The number of alkyl halides is 3. The fourth-order valence-corrected chi connectivity index (χ4v) is 1.19. The van der Waals surface area contributed by atoms with E-state index in [0.717, 1.165) is 0 Å². The quantitative estimate of drug-likeness (QED) is 0.650. The Kier molecular flexibility index (Phi) is 2.79. The van der Waals surface area contributed by atoms with E-state index in [-0.39, 0.29) is 0 Å². The molecule has 0 aromatic carbocycles. The van der Waals surface area contributed by atoms with E-state index < -0.39 is 37.6 Å². The van der Waals surface area contributed by atoms with Gasteiger partial charge in [0.2, 0.25) is 0 Å². The second-order valence-electron chi connectivity index (χ2n) is 1.77. The Morgan fingerprint density at radius 3 is 1.00 bits per heavy atom. The summed E-state index contributed by atoms with van der Waals surface area (Å²) >= 11 is -6.12. The number of hydrogen-bond donors (Lipinski definition) is 0. The number of hydrogen-bond acceptors (Lipinski definition) is 4. The third kappa shape index (κ3) is 1.22. The molecule has 0 saturated carbocycles. The molecule has 0 aliphatic heterocycles. The second-order valence-corrected chi connectivity index (χ2v) is 6.62. The van der Waals surface area contributed by atoms with Gasteiger partial charge in [-0.3, -0.25) is 0 Å². The van der Waals surface area contributed by atoms with Crippen molar-refractivity contribution in [3.8, 4) is 0 Å². The minimum absolute atomic E-state index is 0.892. The summed E-state index contributed by atoms with van der Waals surface area (Å²) in [7, 11) is 0. The number of halogens is 3. The molecule has 0 N–H and O–H groups in total. The summed E-state index contributed by atoms with van der Waals surface area (Å²) in [6.07, 6.45) is 0. The van der Waals surface area contributed by atoms with E-state index in [1.54, 1.807) is 0 Å². The molecule has 13 heavy (non-hydrogen) atoms. The molecule has 0 aliphatic carbocycles. The molecule has 0 fully saturated rings. The molecule has 78 valence electrons. The topological polar surface area (TPSA) is 68.3 Å². The van der Waals surface area contributed by atoms with E-state index in [1.807, 2.05) is 0 Å². The molecular formula is C5H4CoF3O4. The molecule has 0 bridgehead atoms. The van der Waals surface area contributed by atoms with Gasteiger partial charge in [0, 0.05) is 0 Å². The van der Waals surface area contributed by atoms with Crippen molar-refractivity contribution in [3.63, 3.8) is 0 Å². The molecule has 0 rings (SSSR count). The van der Waals surface area contributed by atoms with Crippen molar-refractivity contribution >= 4 is 20.9 Å². The zero-order valence-corrected chi connectivity index (χ0v) is 6.95. The molecule has 0 aliphatic rings. The first-order valence-electron chi connectivity index (χ1n) is 2.45. The van der Waals surface area contributed by atoms with Crippen LogP contribution in [0.15, 0.2) is 0 Å². The van der Waals surface area contributed by atoms with E-state index in [4.69, 9.17) is 0 Å². The molecule has 0 amide bonds. The number of carbonyl (C=O) groups excluding carboxylic acids is 4. The molecule has 0 aromatic rings. The van der Waals surface area contributed by atoms with E-state index in [2.05, 4.69) is 0 Å². The Labute approximate surface area is 70.6 Å². The van der Waals surface area contributed by atoms with Crippen LogP contribution in [0.5, 0.6) is 0 Å². The molecule has 8 heteroatoms. The van der Waals surface area contributed by atoms with Crippen molar-refractivity contribution in [2.45, 2.75) is 5.11 Å².